The Hall–Kier alpha value is -6.67. The molecule has 1 aliphatic rings. The van der Waals surface area contributed by atoms with Gasteiger partial charge in [0.15, 0.2) is 0 Å². The lowest BCUT2D eigenvalue weighted by Gasteiger charge is -2.27. The summed E-state index contributed by atoms with van der Waals surface area (Å²) in [7, 11) is 3.05. The zero-order valence-electron chi connectivity index (χ0n) is 34.5. The summed E-state index contributed by atoms with van der Waals surface area (Å²) in [6.07, 6.45) is 2.18. The van der Waals surface area contributed by atoms with Crippen LogP contribution < -0.4 is 25.4 Å². The van der Waals surface area contributed by atoms with Crippen LogP contribution in [-0.2, 0) is 33.8 Å². The predicted octanol–water partition coefficient (Wildman–Crippen LogP) is 9.38. The molecule has 1 unspecified atom stereocenters. The summed E-state index contributed by atoms with van der Waals surface area (Å²) in [5.74, 6) is -0.833. The summed E-state index contributed by atoms with van der Waals surface area (Å²) in [6, 6.07) is 40.5. The Kier molecular flexibility index (Phi) is 14.5. The number of methoxy groups -OCH3 is 2. The molecule has 1 aromatic heterocycles. The van der Waals surface area contributed by atoms with E-state index in [0.717, 1.165) is 29.1 Å². The maximum atomic E-state index is 14.5. The fourth-order valence-corrected chi connectivity index (χ4v) is 9.41. The van der Waals surface area contributed by atoms with Crippen molar-refractivity contribution in [1.82, 2.24) is 10.2 Å². The molecule has 0 fully saturated rings. The smallest absolute Gasteiger partial charge is 0.341 e. The molecule has 0 saturated heterocycles. The molecule has 6 aromatic rings. The van der Waals surface area contributed by atoms with Gasteiger partial charge in [0.05, 0.1) is 26.4 Å². The lowest BCUT2D eigenvalue weighted by atomic mass is 10.0. The van der Waals surface area contributed by atoms with E-state index < -0.39 is 23.0 Å². The third-order valence-corrected chi connectivity index (χ3v) is 12.4. The summed E-state index contributed by atoms with van der Waals surface area (Å²) >= 11 is 2.72. The van der Waals surface area contributed by atoms with Gasteiger partial charge < -0.3 is 30.2 Å². The summed E-state index contributed by atoms with van der Waals surface area (Å²) in [6.45, 7) is 4.16. The molecule has 5 aromatic carbocycles. The molecule has 7 rings (SSSR count). The first kappa shape index (κ1) is 43.4. The second kappa shape index (κ2) is 20.7. The number of carbonyl (C=O) groups excluding carboxylic acids is 4. The number of thiophene rings is 1. The molecule has 13 heteroatoms. The van der Waals surface area contributed by atoms with Gasteiger partial charge in [-0.2, -0.15) is 0 Å². The van der Waals surface area contributed by atoms with Crippen molar-refractivity contribution in [2.24, 2.45) is 0 Å². The number of fused-ring (bicyclic) bond motifs is 1. The van der Waals surface area contributed by atoms with Gasteiger partial charge in [0, 0.05) is 46.2 Å². The minimum absolute atomic E-state index is 0.0377. The number of thioether (sulfide) groups is 1. The summed E-state index contributed by atoms with van der Waals surface area (Å²) in [5.41, 5.74) is 4.55. The van der Waals surface area contributed by atoms with Crippen LogP contribution in [0.4, 0.5) is 10.7 Å². The third-order valence-electron chi connectivity index (χ3n) is 10.1. The van der Waals surface area contributed by atoms with E-state index in [1.807, 2.05) is 54.6 Å². The number of amides is 3. The summed E-state index contributed by atoms with van der Waals surface area (Å²) in [5, 5.41) is 8.54. The third kappa shape index (κ3) is 10.8. The molecule has 0 radical (unpaired) electrons. The predicted molar refractivity (Wildman–Crippen MR) is 245 cm³/mol. The Labute approximate surface area is 369 Å². The number of hydrogen-bond donors (Lipinski definition) is 3. The van der Waals surface area contributed by atoms with E-state index in [1.54, 1.807) is 73.7 Å². The second-order valence-corrected chi connectivity index (χ2v) is 16.5. The van der Waals surface area contributed by atoms with Crippen molar-refractivity contribution >= 4 is 63.6 Å². The fraction of sp³-hybridized carbons (Fsp3) is 0.184. The van der Waals surface area contributed by atoms with Crippen LogP contribution >= 0.6 is 23.1 Å². The van der Waals surface area contributed by atoms with Crippen molar-refractivity contribution in [3.05, 3.63) is 177 Å². The highest BCUT2D eigenvalue weighted by Gasteiger charge is 2.32. The van der Waals surface area contributed by atoms with E-state index in [0.29, 0.717) is 56.7 Å². The van der Waals surface area contributed by atoms with Gasteiger partial charge in [0.1, 0.15) is 27.4 Å². The van der Waals surface area contributed by atoms with Gasteiger partial charge >= 0.3 is 5.97 Å². The van der Waals surface area contributed by atoms with Gasteiger partial charge in [-0.05, 0) is 84.6 Å². The molecule has 3 N–H and O–H groups in total. The minimum atomic E-state index is -0.743. The van der Waals surface area contributed by atoms with Crippen molar-refractivity contribution in [2.45, 2.75) is 36.6 Å². The average Bonchev–Trinajstić information content (AvgIpc) is 3.65. The Balaban J connectivity index is 1.14. The maximum Gasteiger partial charge on any atom is 0.341 e. The summed E-state index contributed by atoms with van der Waals surface area (Å²) in [4.78, 5) is 59.4. The first-order valence-corrected chi connectivity index (χ1v) is 21.7. The van der Waals surface area contributed by atoms with Crippen LogP contribution in [0.1, 0.15) is 60.0 Å². The van der Waals surface area contributed by atoms with Gasteiger partial charge in [0.2, 0.25) is 5.91 Å². The van der Waals surface area contributed by atoms with Crippen LogP contribution in [0.5, 0.6) is 11.5 Å². The van der Waals surface area contributed by atoms with Crippen LogP contribution in [0.15, 0.2) is 144 Å². The van der Waals surface area contributed by atoms with Crippen LogP contribution in [0.25, 0.3) is 6.08 Å². The molecule has 316 valence electrons. The van der Waals surface area contributed by atoms with Crippen molar-refractivity contribution in [3.8, 4) is 11.5 Å². The molecule has 0 aliphatic carbocycles. The molecule has 3 amide bonds. The Morgan fingerprint density at radius 3 is 2.26 bits per heavy atom. The monoisotopic (exact) mass is 866 g/mol. The van der Waals surface area contributed by atoms with Crippen molar-refractivity contribution < 1.29 is 33.4 Å². The highest BCUT2D eigenvalue weighted by molar-refractivity contribution is 8.00. The zero-order valence-corrected chi connectivity index (χ0v) is 36.1. The Morgan fingerprint density at radius 1 is 0.823 bits per heavy atom. The van der Waals surface area contributed by atoms with Gasteiger partial charge in [-0.15, -0.1) is 23.1 Å². The van der Waals surface area contributed by atoms with Gasteiger partial charge in [-0.25, -0.2) is 4.79 Å². The maximum absolute atomic E-state index is 14.5. The number of esters is 1. The fourth-order valence-electron chi connectivity index (χ4n) is 7.05. The Bertz CT molecular complexity index is 2560. The lowest BCUT2D eigenvalue weighted by Crippen LogP contribution is -2.30. The van der Waals surface area contributed by atoms with Crippen molar-refractivity contribution in [3.63, 3.8) is 0 Å². The van der Waals surface area contributed by atoms with E-state index in [4.69, 9.17) is 14.2 Å². The Morgan fingerprint density at radius 2 is 1.55 bits per heavy atom. The number of nitrogens with one attached hydrogen (secondary N) is 3. The van der Waals surface area contributed by atoms with E-state index in [2.05, 4.69) is 33.0 Å². The topological polar surface area (TPSA) is 135 Å². The van der Waals surface area contributed by atoms with Crippen LogP contribution in [-0.4, -0.2) is 56.0 Å². The van der Waals surface area contributed by atoms with Crippen LogP contribution in [0.3, 0.4) is 0 Å². The van der Waals surface area contributed by atoms with E-state index in [1.165, 1.54) is 49.0 Å². The largest absolute Gasteiger partial charge is 0.497 e. The lowest BCUT2D eigenvalue weighted by molar-refractivity contribution is -0.116. The SMILES string of the molecule is CCOC(=O)c1c(NC(=O)C(Sc2cccc(NC(=O)/C(=C\c3cc(OC)ccc3OC)NC(=O)c3ccccc3)c2)c2ccccc2)sc2c1CCN(Cc1ccccc1)C2. The quantitative estimate of drug-likeness (QED) is 0.0494. The van der Waals surface area contributed by atoms with Gasteiger partial charge in [0.25, 0.3) is 11.8 Å². The molecule has 62 heavy (non-hydrogen) atoms. The first-order chi connectivity index (χ1) is 30.2. The molecule has 1 aliphatic heterocycles. The number of carbonyl (C=O) groups is 4. The van der Waals surface area contributed by atoms with Crippen LogP contribution in [0, 0.1) is 0 Å². The normalized spacial score (nSPS) is 13.0. The minimum Gasteiger partial charge on any atom is -0.497 e. The first-order valence-electron chi connectivity index (χ1n) is 20.0. The second-order valence-electron chi connectivity index (χ2n) is 14.2. The molecular formula is C49H46N4O7S2. The number of nitrogens with zero attached hydrogens (tertiary/aromatic N) is 1. The van der Waals surface area contributed by atoms with Gasteiger partial charge in [-0.3, -0.25) is 19.3 Å². The highest BCUT2D eigenvalue weighted by atomic mass is 32.2. The van der Waals surface area contributed by atoms with E-state index >= 15 is 0 Å². The molecule has 1 atom stereocenters. The van der Waals surface area contributed by atoms with E-state index in [9.17, 15) is 19.2 Å². The van der Waals surface area contributed by atoms with Crippen molar-refractivity contribution in [2.75, 3.05) is 38.0 Å². The zero-order chi connectivity index (χ0) is 43.4. The van der Waals surface area contributed by atoms with Crippen molar-refractivity contribution in [1.29, 1.82) is 0 Å². The standard InChI is InChI=1S/C49H46N4O7S2/c1-4-60-49(57)43-39-25-26-53(30-32-15-8-5-9-16-32)31-42(39)62-48(43)52-47(56)44(33-17-10-6-11-18-33)61-38-22-14-21-36(29-38)50-46(55)40(51-45(54)34-19-12-7-13-20-34)28-35-27-37(58-2)23-24-41(35)59-3/h5-24,27-29,44H,4,25-26,30-31H2,1-3H3,(H,50,55)(H,51,54)(H,52,56)/b40-28+. The molecule has 0 bridgehead atoms. The molecule has 11 nitrogen and oxygen atoms in total. The molecule has 2 heterocycles. The molecule has 0 spiro atoms. The molecule has 0 saturated carbocycles. The summed E-state index contributed by atoms with van der Waals surface area (Å²) < 4.78 is 16.5. The molecular weight excluding hydrogens is 821 g/mol. The van der Waals surface area contributed by atoms with Crippen LogP contribution in [0.2, 0.25) is 0 Å². The highest BCUT2D eigenvalue weighted by Crippen LogP contribution is 2.41. The number of hydrogen-bond acceptors (Lipinski definition) is 10. The number of ether oxygens (including phenoxy) is 3. The van der Waals surface area contributed by atoms with Gasteiger partial charge in [-0.1, -0.05) is 84.9 Å². The number of rotatable bonds is 16. The number of anilines is 2. The number of benzene rings is 5. The average molecular weight is 867 g/mol. The van der Waals surface area contributed by atoms with E-state index in [-0.39, 0.29) is 18.2 Å².